The summed E-state index contributed by atoms with van der Waals surface area (Å²) in [4.78, 5) is 4.14. The lowest BCUT2D eigenvalue weighted by Crippen LogP contribution is -1.99. The first-order valence-electron chi connectivity index (χ1n) is 6.17. The average Bonchev–Trinajstić information content (AvgIpc) is 2.36. The minimum absolute atomic E-state index is 0.306. The van der Waals surface area contributed by atoms with E-state index in [4.69, 9.17) is 22.1 Å². The van der Waals surface area contributed by atoms with E-state index in [9.17, 15) is 0 Å². The summed E-state index contributed by atoms with van der Waals surface area (Å²) in [7, 11) is 0. The first-order chi connectivity index (χ1) is 8.99. The van der Waals surface area contributed by atoms with Crippen molar-refractivity contribution in [1.29, 1.82) is 0 Å². The Labute approximate surface area is 118 Å². The largest absolute Gasteiger partial charge is 0.437 e. The van der Waals surface area contributed by atoms with Gasteiger partial charge in [0.15, 0.2) is 0 Å². The van der Waals surface area contributed by atoms with Crippen LogP contribution in [0.3, 0.4) is 0 Å². The number of rotatable bonds is 3. The fourth-order valence-corrected chi connectivity index (χ4v) is 1.97. The lowest BCUT2D eigenvalue weighted by atomic mass is 9.99. The molecule has 0 radical (unpaired) electrons. The van der Waals surface area contributed by atoms with Crippen LogP contribution >= 0.6 is 11.6 Å². The molecule has 2 N–H and O–H groups in total. The topological polar surface area (TPSA) is 48.1 Å². The van der Waals surface area contributed by atoms with Crippen molar-refractivity contribution in [1.82, 2.24) is 4.98 Å². The molecule has 0 aliphatic rings. The Balaban J connectivity index is 2.45. The van der Waals surface area contributed by atoms with Crippen LogP contribution in [0.15, 0.2) is 30.5 Å². The lowest BCUT2D eigenvalue weighted by molar-refractivity contribution is 0.454. The second kappa shape index (κ2) is 5.49. The molecule has 0 bridgehead atoms. The van der Waals surface area contributed by atoms with Gasteiger partial charge in [-0.15, -0.1) is 0 Å². The number of nitrogen functional groups attached to an aromatic ring is 1. The zero-order valence-electron chi connectivity index (χ0n) is 11.3. The summed E-state index contributed by atoms with van der Waals surface area (Å²) < 4.78 is 5.84. The van der Waals surface area contributed by atoms with Gasteiger partial charge in [-0.25, -0.2) is 4.98 Å². The van der Waals surface area contributed by atoms with Crippen LogP contribution in [-0.4, -0.2) is 4.98 Å². The van der Waals surface area contributed by atoms with Crippen LogP contribution in [0.1, 0.15) is 30.9 Å². The fraction of sp³-hybridized carbons (Fsp3) is 0.267. The van der Waals surface area contributed by atoms with Gasteiger partial charge < -0.3 is 10.5 Å². The quantitative estimate of drug-likeness (QED) is 0.837. The summed E-state index contributed by atoms with van der Waals surface area (Å²) in [6.07, 6.45) is 1.65. The minimum atomic E-state index is 0.306. The summed E-state index contributed by atoms with van der Waals surface area (Å²) in [5.74, 6) is 1.47. The number of pyridine rings is 1. The Kier molecular flexibility index (Phi) is 3.96. The first-order valence-corrected chi connectivity index (χ1v) is 6.55. The molecule has 0 atom stereocenters. The predicted octanol–water partition coefficient (Wildman–Crippen LogP) is 4.54. The minimum Gasteiger partial charge on any atom is -0.437 e. The van der Waals surface area contributed by atoms with E-state index in [0.717, 1.165) is 22.6 Å². The number of hydrogen-bond acceptors (Lipinski definition) is 3. The maximum Gasteiger partial charge on any atom is 0.238 e. The van der Waals surface area contributed by atoms with Gasteiger partial charge in [0.25, 0.3) is 0 Å². The second-order valence-electron chi connectivity index (χ2n) is 4.79. The van der Waals surface area contributed by atoms with E-state index in [-0.39, 0.29) is 0 Å². The van der Waals surface area contributed by atoms with Crippen LogP contribution in [0.4, 0.5) is 5.69 Å². The van der Waals surface area contributed by atoms with Crippen molar-refractivity contribution in [2.24, 2.45) is 0 Å². The molecule has 1 aromatic heterocycles. The van der Waals surface area contributed by atoms with Gasteiger partial charge in [0, 0.05) is 11.9 Å². The summed E-state index contributed by atoms with van der Waals surface area (Å²) in [5, 5.41) is 0.492. The lowest BCUT2D eigenvalue weighted by Gasteiger charge is -2.16. The number of aromatic nitrogens is 1. The summed E-state index contributed by atoms with van der Waals surface area (Å²) >= 11 is 6.06. The molecule has 2 rings (SSSR count). The van der Waals surface area contributed by atoms with Crippen LogP contribution in [0, 0.1) is 6.92 Å². The highest BCUT2D eigenvalue weighted by molar-refractivity contribution is 6.31. The average molecular weight is 277 g/mol. The monoisotopic (exact) mass is 276 g/mol. The summed E-state index contributed by atoms with van der Waals surface area (Å²) in [6, 6.07) is 7.40. The van der Waals surface area contributed by atoms with E-state index in [1.165, 1.54) is 0 Å². The molecule has 1 heterocycles. The van der Waals surface area contributed by atoms with Crippen molar-refractivity contribution >= 4 is 17.3 Å². The van der Waals surface area contributed by atoms with Gasteiger partial charge in [0.1, 0.15) is 10.8 Å². The third-order valence-electron chi connectivity index (χ3n) is 2.95. The van der Waals surface area contributed by atoms with E-state index < -0.39 is 0 Å². The number of nitrogens with zero attached hydrogens (tertiary/aromatic N) is 1. The SMILES string of the molecule is Cc1cc(Oc2ncccc2Cl)c(C(C)C)cc1N. The van der Waals surface area contributed by atoms with Gasteiger partial charge in [0.2, 0.25) is 5.88 Å². The zero-order chi connectivity index (χ0) is 14.0. The zero-order valence-corrected chi connectivity index (χ0v) is 12.0. The molecule has 0 aliphatic carbocycles. The number of hydrogen-bond donors (Lipinski definition) is 1. The Hall–Kier alpha value is -1.74. The van der Waals surface area contributed by atoms with Gasteiger partial charge in [-0.05, 0) is 48.2 Å². The Morgan fingerprint density at radius 3 is 2.68 bits per heavy atom. The van der Waals surface area contributed by atoms with Crippen molar-refractivity contribution in [2.75, 3.05) is 5.73 Å². The van der Waals surface area contributed by atoms with Gasteiger partial charge >= 0.3 is 0 Å². The molecule has 0 saturated heterocycles. The van der Waals surface area contributed by atoms with E-state index in [2.05, 4.69) is 18.8 Å². The van der Waals surface area contributed by atoms with Crippen molar-refractivity contribution in [3.05, 3.63) is 46.6 Å². The Morgan fingerprint density at radius 1 is 1.32 bits per heavy atom. The number of nitrogens with two attached hydrogens (primary N) is 1. The number of aryl methyl sites for hydroxylation is 1. The predicted molar refractivity (Wildman–Crippen MR) is 79.0 cm³/mol. The molecule has 2 aromatic rings. The van der Waals surface area contributed by atoms with Crippen molar-refractivity contribution in [3.63, 3.8) is 0 Å². The molecule has 0 spiro atoms. The molecular weight excluding hydrogens is 260 g/mol. The third kappa shape index (κ3) is 2.99. The molecule has 19 heavy (non-hydrogen) atoms. The highest BCUT2D eigenvalue weighted by Crippen LogP contribution is 2.35. The molecule has 0 amide bonds. The third-order valence-corrected chi connectivity index (χ3v) is 3.24. The summed E-state index contributed by atoms with van der Waals surface area (Å²) in [5.41, 5.74) is 8.74. The van der Waals surface area contributed by atoms with Gasteiger partial charge in [-0.3, -0.25) is 0 Å². The molecule has 100 valence electrons. The normalized spacial score (nSPS) is 10.8. The number of ether oxygens (including phenoxy) is 1. The standard InChI is InChI=1S/C15H17ClN2O/c1-9(2)11-8-13(17)10(3)7-14(11)19-15-12(16)5-4-6-18-15/h4-9H,17H2,1-3H3. The molecule has 4 heteroatoms. The number of benzene rings is 1. The van der Waals surface area contributed by atoms with E-state index in [1.54, 1.807) is 18.3 Å². The van der Waals surface area contributed by atoms with Gasteiger partial charge in [-0.1, -0.05) is 25.4 Å². The van der Waals surface area contributed by atoms with Crippen molar-refractivity contribution in [2.45, 2.75) is 26.7 Å². The van der Waals surface area contributed by atoms with Crippen molar-refractivity contribution < 1.29 is 4.74 Å². The van der Waals surface area contributed by atoms with Gasteiger partial charge in [-0.2, -0.15) is 0 Å². The molecular formula is C15H17ClN2O. The molecule has 0 unspecified atom stereocenters. The summed E-state index contributed by atoms with van der Waals surface area (Å²) in [6.45, 7) is 6.14. The molecule has 0 saturated carbocycles. The van der Waals surface area contributed by atoms with Crippen molar-refractivity contribution in [3.8, 4) is 11.6 Å². The Bertz CT molecular complexity index is 597. The molecule has 0 fully saturated rings. The van der Waals surface area contributed by atoms with Crippen LogP contribution in [0.2, 0.25) is 5.02 Å². The maximum atomic E-state index is 6.06. The molecule has 3 nitrogen and oxygen atoms in total. The highest BCUT2D eigenvalue weighted by Gasteiger charge is 2.13. The smallest absolute Gasteiger partial charge is 0.238 e. The van der Waals surface area contributed by atoms with E-state index >= 15 is 0 Å². The molecule has 0 aliphatic heterocycles. The Morgan fingerprint density at radius 2 is 2.05 bits per heavy atom. The first kappa shape index (κ1) is 13.7. The number of halogens is 1. The van der Waals surface area contributed by atoms with Crippen LogP contribution in [0.5, 0.6) is 11.6 Å². The van der Waals surface area contributed by atoms with Crippen LogP contribution in [0.25, 0.3) is 0 Å². The fourth-order valence-electron chi connectivity index (χ4n) is 1.81. The van der Waals surface area contributed by atoms with Crippen LogP contribution < -0.4 is 10.5 Å². The number of anilines is 1. The molecule has 1 aromatic carbocycles. The second-order valence-corrected chi connectivity index (χ2v) is 5.20. The van der Waals surface area contributed by atoms with E-state index in [0.29, 0.717) is 16.8 Å². The van der Waals surface area contributed by atoms with E-state index in [1.807, 2.05) is 19.1 Å². The van der Waals surface area contributed by atoms with Gasteiger partial charge in [0.05, 0.1) is 0 Å². The maximum absolute atomic E-state index is 6.06. The van der Waals surface area contributed by atoms with Crippen LogP contribution in [-0.2, 0) is 0 Å². The highest BCUT2D eigenvalue weighted by atomic mass is 35.5.